The Balaban J connectivity index is 1.94. The Hall–Kier alpha value is -1.95. The molecule has 0 bridgehead atoms. The smallest absolute Gasteiger partial charge is 0.348 e. The number of benzene rings is 1. The highest BCUT2D eigenvalue weighted by Gasteiger charge is 2.24. The van der Waals surface area contributed by atoms with Crippen molar-refractivity contribution in [1.82, 2.24) is 5.32 Å². The van der Waals surface area contributed by atoms with Crippen molar-refractivity contribution in [2.75, 3.05) is 31.1 Å². The van der Waals surface area contributed by atoms with E-state index in [9.17, 15) is 5.21 Å². The summed E-state index contributed by atoms with van der Waals surface area (Å²) in [5.74, 6) is -0.0770. The number of piperazine rings is 1. The van der Waals surface area contributed by atoms with Crippen molar-refractivity contribution >= 4 is 17.2 Å². The van der Waals surface area contributed by atoms with Gasteiger partial charge in [0, 0.05) is 31.9 Å². The van der Waals surface area contributed by atoms with Gasteiger partial charge in [0.15, 0.2) is 0 Å². The normalized spacial score (nSPS) is 19.2. The summed E-state index contributed by atoms with van der Waals surface area (Å²) in [5, 5.41) is 25.9. The third kappa shape index (κ3) is 1.66. The first-order valence-electron chi connectivity index (χ1n) is 5.63. The number of amidine groups is 1. The summed E-state index contributed by atoms with van der Waals surface area (Å²) in [4.78, 5) is 2.62. The molecule has 3 rings (SSSR count). The molecular weight excluding hydrogens is 218 g/mol. The Kier molecular flexibility index (Phi) is 2.29. The molecule has 1 saturated heterocycles. The van der Waals surface area contributed by atoms with Gasteiger partial charge in [-0.1, -0.05) is 10.5 Å². The fraction of sp³-hybridized carbons (Fsp3) is 0.364. The second-order valence-electron chi connectivity index (χ2n) is 4.16. The molecular formula is C11H13N5O. The molecule has 88 valence electrons. The maximum atomic E-state index is 11.2. The quantitative estimate of drug-likeness (QED) is 0.559. The van der Waals surface area contributed by atoms with Crippen molar-refractivity contribution < 1.29 is 4.86 Å². The zero-order valence-corrected chi connectivity index (χ0v) is 9.31. The van der Waals surface area contributed by atoms with Crippen LogP contribution in [0.25, 0.3) is 0 Å². The predicted molar refractivity (Wildman–Crippen MR) is 64.1 cm³/mol. The van der Waals surface area contributed by atoms with Gasteiger partial charge in [-0.2, -0.15) is 0 Å². The number of hydrogen-bond donors (Lipinski definition) is 2. The minimum atomic E-state index is -0.0770. The highest BCUT2D eigenvalue weighted by atomic mass is 16.5. The summed E-state index contributed by atoms with van der Waals surface area (Å²) in [6, 6.07) is 5.64. The van der Waals surface area contributed by atoms with Crippen LogP contribution in [0.15, 0.2) is 23.3 Å². The molecule has 0 aromatic heterocycles. The molecule has 0 atom stereocenters. The number of anilines is 1. The standard InChI is InChI=1S/C11H13N5O/c12-11-9-2-1-8(7-10(9)14-16(11)17)15-5-3-13-4-6-15/h1-2,7,12-13H,3-6H2. The first-order valence-corrected chi connectivity index (χ1v) is 5.63. The Morgan fingerprint density at radius 1 is 1.35 bits per heavy atom. The Morgan fingerprint density at radius 2 is 2.12 bits per heavy atom. The van der Waals surface area contributed by atoms with Crippen molar-refractivity contribution in [3.05, 3.63) is 29.0 Å². The summed E-state index contributed by atoms with van der Waals surface area (Å²) < 4.78 is 0. The summed E-state index contributed by atoms with van der Waals surface area (Å²) in [7, 11) is 0. The molecule has 1 aromatic carbocycles. The van der Waals surface area contributed by atoms with Crippen LogP contribution in [-0.4, -0.2) is 36.9 Å². The summed E-state index contributed by atoms with van der Waals surface area (Å²) in [6.45, 7) is 3.85. The highest BCUT2D eigenvalue weighted by Crippen LogP contribution is 2.30. The van der Waals surface area contributed by atoms with Gasteiger partial charge < -0.3 is 15.4 Å². The monoisotopic (exact) mass is 231 g/mol. The minimum Gasteiger partial charge on any atom is -0.690 e. The van der Waals surface area contributed by atoms with Crippen LogP contribution in [0.2, 0.25) is 0 Å². The van der Waals surface area contributed by atoms with Gasteiger partial charge in [0.25, 0.3) is 0 Å². The maximum absolute atomic E-state index is 11.2. The van der Waals surface area contributed by atoms with E-state index in [4.69, 9.17) is 5.41 Å². The summed E-state index contributed by atoms with van der Waals surface area (Å²) >= 11 is 0. The lowest BCUT2D eigenvalue weighted by molar-refractivity contribution is -0.397. The lowest BCUT2D eigenvalue weighted by Gasteiger charge is -2.29. The zero-order chi connectivity index (χ0) is 11.8. The molecule has 0 unspecified atom stereocenters. The molecule has 0 amide bonds. The van der Waals surface area contributed by atoms with Crippen molar-refractivity contribution in [2.24, 2.45) is 5.11 Å². The summed E-state index contributed by atoms with van der Waals surface area (Å²) in [5.41, 5.74) is 2.28. The van der Waals surface area contributed by atoms with Crippen LogP contribution < -0.4 is 10.2 Å². The molecule has 2 N–H and O–H groups in total. The lowest BCUT2D eigenvalue weighted by Crippen LogP contribution is -2.43. The van der Waals surface area contributed by atoms with Crippen LogP contribution in [0.3, 0.4) is 0 Å². The van der Waals surface area contributed by atoms with Gasteiger partial charge in [0.1, 0.15) is 5.69 Å². The highest BCUT2D eigenvalue weighted by molar-refractivity contribution is 5.97. The van der Waals surface area contributed by atoms with Gasteiger partial charge in [-0.15, -0.1) is 4.86 Å². The van der Waals surface area contributed by atoms with Crippen molar-refractivity contribution in [3.8, 4) is 0 Å². The second kappa shape index (κ2) is 3.81. The van der Waals surface area contributed by atoms with Crippen LogP contribution in [0.1, 0.15) is 5.56 Å². The fourth-order valence-corrected chi connectivity index (χ4v) is 2.17. The topological polar surface area (TPSA) is 77.5 Å². The Bertz CT molecular complexity index is 505. The van der Waals surface area contributed by atoms with Gasteiger partial charge in [0.2, 0.25) is 0 Å². The molecule has 2 aliphatic heterocycles. The number of fused-ring (bicyclic) bond motifs is 1. The maximum Gasteiger partial charge on any atom is 0.348 e. The second-order valence-corrected chi connectivity index (χ2v) is 4.16. The molecule has 0 spiro atoms. The van der Waals surface area contributed by atoms with E-state index >= 15 is 0 Å². The van der Waals surface area contributed by atoms with E-state index in [2.05, 4.69) is 15.3 Å². The lowest BCUT2D eigenvalue weighted by atomic mass is 10.1. The molecule has 6 nitrogen and oxygen atoms in total. The molecule has 17 heavy (non-hydrogen) atoms. The van der Waals surface area contributed by atoms with Gasteiger partial charge in [-0.25, -0.2) is 0 Å². The first-order chi connectivity index (χ1) is 8.25. The molecule has 6 heteroatoms. The fourth-order valence-electron chi connectivity index (χ4n) is 2.17. The van der Waals surface area contributed by atoms with Crippen LogP contribution in [-0.2, 0) is 0 Å². The number of hydroxylamine groups is 1. The van der Waals surface area contributed by atoms with Crippen molar-refractivity contribution in [3.63, 3.8) is 0 Å². The van der Waals surface area contributed by atoms with Gasteiger partial charge >= 0.3 is 5.84 Å². The van der Waals surface area contributed by atoms with E-state index in [1.165, 1.54) is 0 Å². The van der Waals surface area contributed by atoms with E-state index in [-0.39, 0.29) is 5.84 Å². The zero-order valence-electron chi connectivity index (χ0n) is 9.31. The predicted octanol–water partition coefficient (Wildman–Crippen LogP) is 1.03. The van der Waals surface area contributed by atoms with Gasteiger partial charge in [-0.3, -0.25) is 0 Å². The molecule has 0 radical (unpaired) electrons. The molecule has 1 aromatic rings. The van der Waals surface area contributed by atoms with Crippen molar-refractivity contribution in [2.45, 2.75) is 0 Å². The SMILES string of the molecule is N=C1c2ccc(N3CCNCC3)cc2N=[N+]1[O-]. The summed E-state index contributed by atoms with van der Waals surface area (Å²) in [6.07, 6.45) is 0. The van der Waals surface area contributed by atoms with Gasteiger partial charge in [0.05, 0.1) is 5.56 Å². The average molecular weight is 231 g/mol. The Morgan fingerprint density at radius 3 is 2.88 bits per heavy atom. The molecule has 2 heterocycles. The van der Waals surface area contributed by atoms with E-state index in [1.54, 1.807) is 6.07 Å². The molecule has 2 aliphatic rings. The van der Waals surface area contributed by atoms with Gasteiger partial charge in [-0.05, 0) is 18.2 Å². The number of nitrogens with zero attached hydrogens (tertiary/aromatic N) is 3. The third-order valence-electron chi connectivity index (χ3n) is 3.11. The Labute approximate surface area is 98.6 Å². The number of rotatable bonds is 1. The van der Waals surface area contributed by atoms with Crippen LogP contribution >= 0.6 is 0 Å². The minimum absolute atomic E-state index is 0.0770. The first kappa shape index (κ1) is 10.2. The molecule has 1 fully saturated rings. The van der Waals surface area contributed by atoms with E-state index in [1.807, 2.05) is 12.1 Å². The number of hydrogen-bond acceptors (Lipinski definition) is 5. The largest absolute Gasteiger partial charge is 0.690 e. The van der Waals surface area contributed by atoms with E-state index in [0.29, 0.717) is 16.1 Å². The van der Waals surface area contributed by atoms with E-state index < -0.39 is 0 Å². The van der Waals surface area contributed by atoms with Crippen LogP contribution in [0.4, 0.5) is 11.4 Å². The van der Waals surface area contributed by atoms with Crippen LogP contribution in [0, 0.1) is 10.6 Å². The third-order valence-corrected chi connectivity index (χ3v) is 3.11. The average Bonchev–Trinajstić information content (AvgIpc) is 2.66. The molecule has 0 aliphatic carbocycles. The van der Waals surface area contributed by atoms with Crippen LogP contribution in [0.5, 0.6) is 0 Å². The van der Waals surface area contributed by atoms with Crippen molar-refractivity contribution in [1.29, 1.82) is 5.41 Å². The number of nitrogens with one attached hydrogen (secondary N) is 2. The van der Waals surface area contributed by atoms with E-state index in [0.717, 1.165) is 31.9 Å². The number of azo groups is 1. The molecule has 0 saturated carbocycles.